The summed E-state index contributed by atoms with van der Waals surface area (Å²) in [6, 6.07) is 22.7. The fourth-order valence-corrected chi connectivity index (χ4v) is 7.57. The van der Waals surface area contributed by atoms with E-state index in [1.807, 2.05) is 30.3 Å². The zero-order valence-electron chi connectivity index (χ0n) is 26.6. The zero-order chi connectivity index (χ0) is 32.8. The Balaban J connectivity index is 1.46. The number of ether oxygens (including phenoxy) is 1. The van der Waals surface area contributed by atoms with Crippen LogP contribution >= 0.6 is 27.5 Å². The molecular weight excluding hydrogens is 664 g/mol. The number of ketones is 2. The zero-order valence-corrected chi connectivity index (χ0v) is 28.9. The number of anilines is 1. The van der Waals surface area contributed by atoms with E-state index in [1.165, 1.54) is 0 Å². The number of rotatable bonds is 7. The molecule has 6 rings (SSSR count). The highest BCUT2D eigenvalue weighted by atomic mass is 79.9. The molecule has 0 radical (unpaired) electrons. The van der Waals surface area contributed by atoms with Gasteiger partial charge in [0.1, 0.15) is 5.75 Å². The van der Waals surface area contributed by atoms with Gasteiger partial charge in [0.15, 0.2) is 18.2 Å². The Morgan fingerprint density at radius 2 is 1.46 bits per heavy atom. The summed E-state index contributed by atoms with van der Waals surface area (Å²) in [6.45, 7) is 8.87. The van der Waals surface area contributed by atoms with Crippen LogP contribution < -0.4 is 10.1 Å². The molecule has 6 nitrogen and oxygen atoms in total. The number of carbonyl (C=O) groups is 3. The van der Waals surface area contributed by atoms with Crippen molar-refractivity contribution in [3.05, 3.63) is 116 Å². The van der Waals surface area contributed by atoms with Gasteiger partial charge in [0.05, 0.1) is 0 Å². The Kier molecular flexibility index (Phi) is 8.77. The molecule has 8 heteroatoms. The molecule has 1 aliphatic heterocycles. The Hall–Kier alpha value is -3.68. The van der Waals surface area contributed by atoms with E-state index in [-0.39, 0.29) is 34.9 Å². The van der Waals surface area contributed by atoms with Crippen molar-refractivity contribution in [2.75, 3.05) is 11.9 Å². The van der Waals surface area contributed by atoms with Crippen molar-refractivity contribution in [3.8, 4) is 5.75 Å². The third kappa shape index (κ3) is 6.72. The lowest BCUT2D eigenvalue weighted by atomic mass is 9.63. The molecule has 3 aromatic rings. The summed E-state index contributed by atoms with van der Waals surface area (Å²) in [5.74, 6) is -0.379. The Labute approximate surface area is 284 Å². The van der Waals surface area contributed by atoms with Crippen molar-refractivity contribution in [2.24, 2.45) is 10.8 Å². The normalized spacial score (nSPS) is 19.1. The van der Waals surface area contributed by atoms with Crippen molar-refractivity contribution in [1.82, 2.24) is 4.90 Å². The second kappa shape index (κ2) is 12.5. The molecule has 3 aromatic carbocycles. The molecule has 1 amide bonds. The topological polar surface area (TPSA) is 75.7 Å². The van der Waals surface area contributed by atoms with Crippen LogP contribution in [0.2, 0.25) is 5.02 Å². The predicted octanol–water partition coefficient (Wildman–Crippen LogP) is 9.01. The van der Waals surface area contributed by atoms with Crippen LogP contribution in [-0.2, 0) is 20.9 Å². The standard InChI is InChI=1S/C38H38BrClN2O4/c1-37(2)17-28-35(30(43)19-37)34(36-29(18-38(3,4)20-31(36)44)42(28)21-23-8-6-5-7-9-23)27-16-24(39)10-15-32(27)46-22-33(45)41-26-13-11-25(40)12-14-26/h5-16,34H,17-22H2,1-4H3,(H,41,45). The van der Waals surface area contributed by atoms with Crippen LogP contribution in [0.3, 0.4) is 0 Å². The molecule has 0 bridgehead atoms. The van der Waals surface area contributed by atoms with Gasteiger partial charge >= 0.3 is 0 Å². The van der Waals surface area contributed by atoms with Crippen molar-refractivity contribution in [3.63, 3.8) is 0 Å². The van der Waals surface area contributed by atoms with Crippen molar-refractivity contribution < 1.29 is 19.1 Å². The van der Waals surface area contributed by atoms with Gasteiger partial charge in [-0.3, -0.25) is 14.4 Å². The summed E-state index contributed by atoms with van der Waals surface area (Å²) in [5, 5.41) is 3.41. The average Bonchev–Trinajstić information content (AvgIpc) is 2.98. The van der Waals surface area contributed by atoms with Gasteiger partial charge in [-0.25, -0.2) is 0 Å². The van der Waals surface area contributed by atoms with E-state index in [9.17, 15) is 14.4 Å². The molecule has 0 fully saturated rings. The highest BCUT2D eigenvalue weighted by molar-refractivity contribution is 9.10. The number of allylic oxidation sites excluding steroid dienone is 4. The number of nitrogens with one attached hydrogen (secondary N) is 1. The van der Waals surface area contributed by atoms with E-state index in [4.69, 9.17) is 16.3 Å². The maximum atomic E-state index is 14.3. The molecule has 1 heterocycles. The number of hydrogen-bond donors (Lipinski definition) is 1. The molecule has 238 valence electrons. The van der Waals surface area contributed by atoms with Gasteiger partial charge in [-0.2, -0.15) is 0 Å². The third-order valence-electron chi connectivity index (χ3n) is 8.97. The van der Waals surface area contributed by atoms with Crippen molar-refractivity contribution in [2.45, 2.75) is 65.8 Å². The highest BCUT2D eigenvalue weighted by Crippen LogP contribution is 2.56. The first-order valence-electron chi connectivity index (χ1n) is 15.6. The van der Waals surface area contributed by atoms with Crippen LogP contribution in [0.15, 0.2) is 99.8 Å². The van der Waals surface area contributed by atoms with Gasteiger partial charge < -0.3 is 15.0 Å². The Bertz CT molecular complexity index is 1720. The quantitative estimate of drug-likeness (QED) is 0.266. The molecule has 0 aromatic heterocycles. The maximum absolute atomic E-state index is 14.3. The van der Waals surface area contributed by atoms with E-state index in [2.05, 4.69) is 66.0 Å². The fraction of sp³-hybridized carbons (Fsp3) is 0.342. The molecule has 0 saturated carbocycles. The monoisotopic (exact) mass is 700 g/mol. The van der Waals surface area contributed by atoms with Gasteiger partial charge in [-0.05, 0) is 71.7 Å². The number of Topliss-reactive ketones (excluding diaryl/α,β-unsaturated/α-hetero) is 2. The first-order valence-corrected chi connectivity index (χ1v) is 16.8. The molecule has 3 aliphatic rings. The minimum atomic E-state index is -0.601. The minimum Gasteiger partial charge on any atom is -0.483 e. The van der Waals surface area contributed by atoms with Crippen LogP contribution in [-0.4, -0.2) is 29.0 Å². The number of hydrogen-bond acceptors (Lipinski definition) is 5. The molecule has 0 saturated heterocycles. The van der Waals surface area contributed by atoms with Gasteiger partial charge in [-0.15, -0.1) is 0 Å². The van der Waals surface area contributed by atoms with Crippen LogP contribution in [0.4, 0.5) is 5.69 Å². The molecule has 46 heavy (non-hydrogen) atoms. The molecule has 0 unspecified atom stereocenters. The second-order valence-corrected chi connectivity index (χ2v) is 15.5. The van der Waals surface area contributed by atoms with E-state index in [1.54, 1.807) is 30.3 Å². The largest absolute Gasteiger partial charge is 0.483 e. The Morgan fingerprint density at radius 3 is 2.04 bits per heavy atom. The lowest BCUT2D eigenvalue weighted by molar-refractivity contribution is -0.120. The van der Waals surface area contributed by atoms with Crippen LogP contribution in [0, 0.1) is 10.8 Å². The third-order valence-corrected chi connectivity index (χ3v) is 9.72. The predicted molar refractivity (Wildman–Crippen MR) is 185 cm³/mol. The van der Waals surface area contributed by atoms with Crippen LogP contribution in [0.5, 0.6) is 5.75 Å². The van der Waals surface area contributed by atoms with Crippen LogP contribution in [0.25, 0.3) is 0 Å². The molecule has 2 aliphatic carbocycles. The first kappa shape index (κ1) is 32.3. The van der Waals surface area contributed by atoms with Crippen LogP contribution in [0.1, 0.15) is 70.4 Å². The average molecular weight is 702 g/mol. The summed E-state index contributed by atoms with van der Waals surface area (Å²) in [7, 11) is 0. The molecular formula is C38H38BrClN2O4. The number of benzene rings is 3. The lowest BCUT2D eigenvalue weighted by Crippen LogP contribution is -2.44. The highest BCUT2D eigenvalue weighted by Gasteiger charge is 2.49. The number of carbonyl (C=O) groups excluding carboxylic acids is 3. The van der Waals surface area contributed by atoms with E-state index >= 15 is 0 Å². The number of halogens is 2. The van der Waals surface area contributed by atoms with Crippen molar-refractivity contribution in [1.29, 1.82) is 0 Å². The summed E-state index contributed by atoms with van der Waals surface area (Å²) >= 11 is 9.63. The molecule has 0 atom stereocenters. The lowest BCUT2D eigenvalue weighted by Gasteiger charge is -2.49. The van der Waals surface area contributed by atoms with E-state index in [0.29, 0.717) is 65.4 Å². The SMILES string of the molecule is CC1(C)CC(=O)C2=C(C1)N(Cc1ccccc1)C1=C(C(=O)CC(C)(C)C1)C2c1cc(Br)ccc1OCC(=O)Nc1ccc(Cl)cc1. The van der Waals surface area contributed by atoms with Gasteiger partial charge in [-0.1, -0.05) is 85.6 Å². The minimum absolute atomic E-state index is 0.0462. The summed E-state index contributed by atoms with van der Waals surface area (Å²) in [4.78, 5) is 43.8. The smallest absolute Gasteiger partial charge is 0.262 e. The van der Waals surface area contributed by atoms with Gasteiger partial charge in [0.2, 0.25) is 0 Å². The van der Waals surface area contributed by atoms with Gasteiger partial charge in [0.25, 0.3) is 5.91 Å². The summed E-state index contributed by atoms with van der Waals surface area (Å²) < 4.78 is 6.99. The maximum Gasteiger partial charge on any atom is 0.262 e. The Morgan fingerprint density at radius 1 is 0.870 bits per heavy atom. The summed E-state index contributed by atoms with van der Waals surface area (Å²) in [5.41, 5.74) is 5.23. The first-order chi connectivity index (χ1) is 21.8. The van der Waals surface area contributed by atoms with E-state index < -0.39 is 5.92 Å². The summed E-state index contributed by atoms with van der Waals surface area (Å²) in [6.07, 6.45) is 2.18. The second-order valence-electron chi connectivity index (χ2n) is 14.1. The molecule has 0 spiro atoms. The fourth-order valence-electron chi connectivity index (χ4n) is 7.07. The molecule has 1 N–H and O–H groups in total. The van der Waals surface area contributed by atoms with Gasteiger partial charge in [0, 0.05) is 68.6 Å². The van der Waals surface area contributed by atoms with E-state index in [0.717, 1.165) is 21.4 Å². The van der Waals surface area contributed by atoms with Crippen molar-refractivity contribution >= 4 is 50.7 Å². The number of amides is 1. The number of nitrogens with zero attached hydrogens (tertiary/aromatic N) is 1.